The molecule has 0 saturated heterocycles. The molecule has 0 spiro atoms. The van der Waals surface area contributed by atoms with Crippen molar-refractivity contribution in [2.24, 2.45) is 5.73 Å². The lowest BCUT2D eigenvalue weighted by atomic mass is 10.1. The second kappa shape index (κ2) is 6.98. The maximum absolute atomic E-state index is 8.90. The Bertz CT molecular complexity index is 655. The van der Waals surface area contributed by atoms with Crippen molar-refractivity contribution >= 4 is 11.6 Å². The van der Waals surface area contributed by atoms with Crippen LogP contribution in [0.15, 0.2) is 36.4 Å². The van der Waals surface area contributed by atoms with Crippen molar-refractivity contribution in [2.75, 3.05) is 7.11 Å². The molecule has 4 nitrogen and oxygen atoms in total. The monoisotopic (exact) mass is 302 g/mol. The lowest BCUT2D eigenvalue weighted by Crippen LogP contribution is -2.05. The smallest absolute Gasteiger partial charge is 0.166 e. The van der Waals surface area contributed by atoms with Crippen LogP contribution in [0.25, 0.3) is 0 Å². The summed E-state index contributed by atoms with van der Waals surface area (Å²) in [5, 5.41) is 9.45. The molecule has 2 aromatic carbocycles. The molecule has 0 unspecified atom stereocenters. The average molecular weight is 303 g/mol. The molecule has 2 N–H and O–H groups in total. The van der Waals surface area contributed by atoms with Crippen LogP contribution in [0, 0.1) is 11.3 Å². The fourth-order valence-corrected chi connectivity index (χ4v) is 2.21. The van der Waals surface area contributed by atoms with E-state index in [9.17, 15) is 0 Å². The second-order valence-corrected chi connectivity index (χ2v) is 4.84. The third-order valence-corrected chi connectivity index (χ3v) is 3.19. The number of hydrogen-bond acceptors (Lipinski definition) is 4. The van der Waals surface area contributed by atoms with E-state index < -0.39 is 0 Å². The van der Waals surface area contributed by atoms with Crippen molar-refractivity contribution in [1.82, 2.24) is 0 Å². The van der Waals surface area contributed by atoms with Crippen LogP contribution in [-0.4, -0.2) is 7.11 Å². The van der Waals surface area contributed by atoms with Crippen LogP contribution in [0.4, 0.5) is 0 Å². The number of ether oxygens (including phenoxy) is 2. The van der Waals surface area contributed by atoms with Gasteiger partial charge in [-0.15, -0.1) is 0 Å². The van der Waals surface area contributed by atoms with Gasteiger partial charge >= 0.3 is 0 Å². The lowest BCUT2D eigenvalue weighted by Gasteiger charge is -2.15. The van der Waals surface area contributed by atoms with Gasteiger partial charge < -0.3 is 15.2 Å². The zero-order valence-corrected chi connectivity index (χ0v) is 12.4. The number of nitriles is 1. The molecule has 0 aliphatic rings. The Morgan fingerprint density at radius 2 is 2.10 bits per heavy atom. The summed E-state index contributed by atoms with van der Waals surface area (Å²) in [5.74, 6) is 1.12. The average Bonchev–Trinajstić information content (AvgIpc) is 2.52. The minimum absolute atomic E-state index is 0.296. The van der Waals surface area contributed by atoms with Crippen molar-refractivity contribution < 1.29 is 9.47 Å². The van der Waals surface area contributed by atoms with Crippen LogP contribution in [-0.2, 0) is 13.2 Å². The lowest BCUT2D eigenvalue weighted by molar-refractivity contribution is 0.281. The number of benzene rings is 2. The summed E-state index contributed by atoms with van der Waals surface area (Å²) in [7, 11) is 1.55. The minimum Gasteiger partial charge on any atom is -0.493 e. The topological polar surface area (TPSA) is 68.3 Å². The Morgan fingerprint density at radius 1 is 1.29 bits per heavy atom. The summed E-state index contributed by atoms with van der Waals surface area (Å²) in [6.45, 7) is 0.616. The molecule has 2 aromatic rings. The number of halogens is 1. The fraction of sp³-hybridized carbons (Fsp3) is 0.188. The van der Waals surface area contributed by atoms with Gasteiger partial charge in [-0.05, 0) is 23.8 Å². The maximum atomic E-state index is 8.90. The predicted octanol–water partition coefficient (Wildman–Crippen LogP) is 3.26. The molecule has 0 aromatic heterocycles. The molecule has 21 heavy (non-hydrogen) atoms. The first kappa shape index (κ1) is 15.2. The maximum Gasteiger partial charge on any atom is 0.166 e. The molecule has 0 amide bonds. The summed E-state index contributed by atoms with van der Waals surface area (Å²) in [5.41, 5.74) is 7.99. The largest absolute Gasteiger partial charge is 0.493 e. The second-order valence-electron chi connectivity index (χ2n) is 4.40. The molecule has 0 bridgehead atoms. The van der Waals surface area contributed by atoms with E-state index in [1.165, 1.54) is 0 Å². The van der Waals surface area contributed by atoms with E-state index in [2.05, 4.69) is 6.07 Å². The normalized spacial score (nSPS) is 10.0. The third kappa shape index (κ3) is 3.66. The molecule has 0 fully saturated rings. The van der Waals surface area contributed by atoms with Gasteiger partial charge in [-0.25, -0.2) is 0 Å². The Balaban J connectivity index is 2.25. The first-order chi connectivity index (χ1) is 10.2. The van der Waals surface area contributed by atoms with Crippen molar-refractivity contribution in [1.29, 1.82) is 5.26 Å². The van der Waals surface area contributed by atoms with Crippen LogP contribution in [0.5, 0.6) is 11.5 Å². The van der Waals surface area contributed by atoms with E-state index in [1.54, 1.807) is 31.4 Å². The quantitative estimate of drug-likeness (QED) is 0.920. The number of hydrogen-bond donors (Lipinski definition) is 1. The van der Waals surface area contributed by atoms with Gasteiger partial charge in [0.15, 0.2) is 11.5 Å². The minimum atomic E-state index is 0.296. The standard InChI is InChI=1S/C16H15ClN2O2/c1-20-15-7-14(17)6-13(9-19)16(15)21-10-12-4-2-3-11(5-12)8-18/h2-7H,9-10,19H2,1H3. The van der Waals surface area contributed by atoms with E-state index in [4.69, 9.17) is 32.1 Å². The number of methoxy groups -OCH3 is 1. The Kier molecular flexibility index (Phi) is 5.04. The molecule has 0 atom stereocenters. The molecule has 0 aliphatic carbocycles. The molecule has 0 radical (unpaired) electrons. The van der Waals surface area contributed by atoms with E-state index >= 15 is 0 Å². The highest BCUT2D eigenvalue weighted by Gasteiger charge is 2.12. The predicted molar refractivity (Wildman–Crippen MR) is 81.4 cm³/mol. The summed E-state index contributed by atoms with van der Waals surface area (Å²) >= 11 is 6.01. The summed E-state index contributed by atoms with van der Waals surface area (Å²) in [4.78, 5) is 0. The molecular weight excluding hydrogens is 288 g/mol. The number of nitrogens with two attached hydrogens (primary N) is 1. The van der Waals surface area contributed by atoms with E-state index in [0.717, 1.165) is 11.1 Å². The van der Waals surface area contributed by atoms with Crippen LogP contribution < -0.4 is 15.2 Å². The van der Waals surface area contributed by atoms with Crippen molar-refractivity contribution in [3.8, 4) is 17.6 Å². The van der Waals surface area contributed by atoms with Gasteiger partial charge in [0.2, 0.25) is 0 Å². The number of rotatable bonds is 5. The molecular formula is C16H15ClN2O2. The van der Waals surface area contributed by atoms with Gasteiger partial charge in [0.25, 0.3) is 0 Å². The van der Waals surface area contributed by atoms with Gasteiger partial charge in [-0.1, -0.05) is 23.7 Å². The van der Waals surface area contributed by atoms with Crippen LogP contribution >= 0.6 is 11.6 Å². The highest BCUT2D eigenvalue weighted by Crippen LogP contribution is 2.35. The van der Waals surface area contributed by atoms with Gasteiger partial charge in [0.05, 0.1) is 18.7 Å². The van der Waals surface area contributed by atoms with Crippen LogP contribution in [0.2, 0.25) is 5.02 Å². The van der Waals surface area contributed by atoms with Crippen LogP contribution in [0.1, 0.15) is 16.7 Å². The number of nitrogens with zero attached hydrogens (tertiary/aromatic N) is 1. The molecule has 5 heteroatoms. The first-order valence-corrected chi connectivity index (χ1v) is 6.74. The van der Waals surface area contributed by atoms with Crippen molar-refractivity contribution in [3.05, 3.63) is 58.1 Å². The fourth-order valence-electron chi connectivity index (χ4n) is 1.98. The van der Waals surface area contributed by atoms with Gasteiger partial charge in [0.1, 0.15) is 6.61 Å². The van der Waals surface area contributed by atoms with Crippen molar-refractivity contribution in [3.63, 3.8) is 0 Å². The summed E-state index contributed by atoms with van der Waals surface area (Å²) in [6, 6.07) is 12.8. The molecule has 0 heterocycles. The Morgan fingerprint density at radius 3 is 2.76 bits per heavy atom. The summed E-state index contributed by atoms with van der Waals surface area (Å²) < 4.78 is 11.1. The van der Waals surface area contributed by atoms with E-state index in [0.29, 0.717) is 35.2 Å². The molecule has 0 saturated carbocycles. The summed E-state index contributed by atoms with van der Waals surface area (Å²) in [6.07, 6.45) is 0. The zero-order valence-electron chi connectivity index (χ0n) is 11.6. The molecule has 108 valence electrons. The zero-order chi connectivity index (χ0) is 15.2. The van der Waals surface area contributed by atoms with Gasteiger partial charge in [0, 0.05) is 23.2 Å². The highest BCUT2D eigenvalue weighted by atomic mass is 35.5. The SMILES string of the molecule is COc1cc(Cl)cc(CN)c1OCc1cccc(C#N)c1. The van der Waals surface area contributed by atoms with E-state index in [-0.39, 0.29) is 0 Å². The van der Waals surface area contributed by atoms with Crippen LogP contribution in [0.3, 0.4) is 0 Å². The van der Waals surface area contributed by atoms with Gasteiger partial charge in [-0.3, -0.25) is 0 Å². The molecule has 0 aliphatic heterocycles. The Labute approximate surface area is 128 Å². The molecule has 2 rings (SSSR count). The van der Waals surface area contributed by atoms with Crippen molar-refractivity contribution in [2.45, 2.75) is 13.2 Å². The van der Waals surface area contributed by atoms with Gasteiger partial charge in [-0.2, -0.15) is 5.26 Å². The third-order valence-electron chi connectivity index (χ3n) is 2.98. The van der Waals surface area contributed by atoms with E-state index in [1.807, 2.05) is 12.1 Å². The Hall–Kier alpha value is -2.22. The highest BCUT2D eigenvalue weighted by molar-refractivity contribution is 6.30. The first-order valence-electron chi connectivity index (χ1n) is 6.36.